The van der Waals surface area contributed by atoms with Crippen LogP contribution >= 0.6 is 0 Å². The highest BCUT2D eigenvalue weighted by atomic mass is 32.2. The van der Waals surface area contributed by atoms with E-state index < -0.39 is 10.0 Å². The summed E-state index contributed by atoms with van der Waals surface area (Å²) in [6, 6.07) is 6.84. The molecule has 9 heteroatoms. The maximum absolute atomic E-state index is 13.3. The fourth-order valence-electron chi connectivity index (χ4n) is 3.99. The summed E-state index contributed by atoms with van der Waals surface area (Å²) in [5.74, 6) is -0.121. The van der Waals surface area contributed by atoms with Crippen molar-refractivity contribution in [2.45, 2.75) is 37.1 Å². The van der Waals surface area contributed by atoms with E-state index in [0.29, 0.717) is 30.2 Å². The lowest BCUT2D eigenvalue weighted by Gasteiger charge is -2.22. The number of amides is 1. The first-order valence-corrected chi connectivity index (χ1v) is 11.4. The van der Waals surface area contributed by atoms with Crippen molar-refractivity contribution in [2.75, 3.05) is 33.4 Å². The van der Waals surface area contributed by atoms with Crippen molar-refractivity contribution in [3.05, 3.63) is 42.0 Å². The third-order valence-electron chi connectivity index (χ3n) is 5.58. The molecule has 8 nitrogen and oxygen atoms in total. The van der Waals surface area contributed by atoms with Crippen LogP contribution < -0.4 is 0 Å². The number of rotatable bonds is 4. The summed E-state index contributed by atoms with van der Waals surface area (Å²) < 4.78 is 34.8. The predicted octanol–water partition coefficient (Wildman–Crippen LogP) is 2.04. The maximum Gasteiger partial charge on any atom is 0.274 e. The van der Waals surface area contributed by atoms with Gasteiger partial charge in [-0.3, -0.25) is 9.36 Å². The van der Waals surface area contributed by atoms with Gasteiger partial charge in [0.05, 0.1) is 24.5 Å². The average Bonchev–Trinajstić information content (AvgIpc) is 2.90. The number of fused-ring (bicyclic) bond motifs is 3. The molecule has 0 radical (unpaired) electrons. The molecule has 1 amide bonds. The molecule has 1 saturated heterocycles. The molecule has 0 spiro atoms. The van der Waals surface area contributed by atoms with Crippen molar-refractivity contribution in [1.29, 1.82) is 0 Å². The molecule has 4 rings (SSSR count). The summed E-state index contributed by atoms with van der Waals surface area (Å²) in [4.78, 5) is 19.7. The fraction of sp³-hybridized carbons (Fsp3) is 0.500. The van der Waals surface area contributed by atoms with Crippen LogP contribution in [-0.2, 0) is 21.3 Å². The van der Waals surface area contributed by atoms with Crippen LogP contribution in [0.15, 0.2) is 35.5 Å². The van der Waals surface area contributed by atoms with Gasteiger partial charge in [0, 0.05) is 26.7 Å². The van der Waals surface area contributed by atoms with Gasteiger partial charge in [-0.15, -0.1) is 0 Å². The first kappa shape index (κ1) is 20.1. The fourth-order valence-corrected chi connectivity index (χ4v) is 5.56. The van der Waals surface area contributed by atoms with Gasteiger partial charge < -0.3 is 9.64 Å². The van der Waals surface area contributed by atoms with Gasteiger partial charge in [0.15, 0.2) is 5.69 Å². The van der Waals surface area contributed by atoms with E-state index >= 15 is 0 Å². The lowest BCUT2D eigenvalue weighted by molar-refractivity contribution is 0.0754. The Morgan fingerprint density at radius 1 is 1.14 bits per heavy atom. The lowest BCUT2D eigenvalue weighted by atomic mass is 10.2. The van der Waals surface area contributed by atoms with Gasteiger partial charge in [-0.1, -0.05) is 25.0 Å². The Labute approximate surface area is 171 Å². The van der Waals surface area contributed by atoms with Gasteiger partial charge in [-0.25, -0.2) is 13.4 Å². The molecule has 156 valence electrons. The largest absolute Gasteiger partial charge is 0.383 e. The van der Waals surface area contributed by atoms with Gasteiger partial charge in [0.2, 0.25) is 10.0 Å². The topological polar surface area (TPSA) is 84.7 Å². The standard InChI is InChI=1S/C20H26N4O4S/c1-28-13-12-23-14-17-19(20(25)22-10-6-2-3-7-11-22)21-15-24(17)16-8-4-5-9-18(16)29(23,26)27/h4-5,8-9,15H,2-3,6-7,10-14H2,1H3. The third-order valence-corrected chi connectivity index (χ3v) is 7.47. The van der Waals surface area contributed by atoms with Gasteiger partial charge in [-0.2, -0.15) is 4.31 Å². The Balaban J connectivity index is 1.79. The first-order chi connectivity index (χ1) is 14.0. The minimum atomic E-state index is -3.72. The summed E-state index contributed by atoms with van der Waals surface area (Å²) in [6.07, 6.45) is 5.79. The number of carbonyl (C=O) groups excluding carboxylic acids is 1. The van der Waals surface area contributed by atoms with E-state index in [0.717, 1.165) is 25.7 Å². The molecule has 1 aromatic heterocycles. The smallest absolute Gasteiger partial charge is 0.274 e. The number of aromatic nitrogens is 2. The number of methoxy groups -OCH3 is 1. The highest BCUT2D eigenvalue weighted by molar-refractivity contribution is 7.89. The second-order valence-corrected chi connectivity index (χ2v) is 9.32. The van der Waals surface area contributed by atoms with Crippen LogP contribution in [-0.4, -0.2) is 66.4 Å². The minimum absolute atomic E-state index is 0.0787. The molecular weight excluding hydrogens is 392 g/mol. The number of ether oxygens (including phenoxy) is 1. The minimum Gasteiger partial charge on any atom is -0.383 e. The number of nitrogens with zero attached hydrogens (tertiary/aromatic N) is 4. The second-order valence-electron chi connectivity index (χ2n) is 7.42. The number of carbonyl (C=O) groups is 1. The summed E-state index contributed by atoms with van der Waals surface area (Å²) in [7, 11) is -2.18. The monoisotopic (exact) mass is 418 g/mol. The molecule has 0 saturated carbocycles. The van der Waals surface area contributed by atoms with Gasteiger partial charge in [-0.05, 0) is 25.0 Å². The Kier molecular flexibility index (Phi) is 5.71. The maximum atomic E-state index is 13.3. The molecule has 0 unspecified atom stereocenters. The predicted molar refractivity (Wildman–Crippen MR) is 107 cm³/mol. The van der Waals surface area contributed by atoms with E-state index in [4.69, 9.17) is 4.74 Å². The second kappa shape index (κ2) is 8.25. The van der Waals surface area contributed by atoms with Crippen molar-refractivity contribution >= 4 is 15.9 Å². The molecule has 2 aliphatic rings. The Morgan fingerprint density at radius 2 is 1.86 bits per heavy atom. The molecule has 1 aromatic carbocycles. The van der Waals surface area contributed by atoms with Crippen molar-refractivity contribution < 1.29 is 17.9 Å². The zero-order valence-electron chi connectivity index (χ0n) is 16.6. The van der Waals surface area contributed by atoms with Crippen LogP contribution in [0.1, 0.15) is 41.9 Å². The summed E-state index contributed by atoms with van der Waals surface area (Å²) in [5, 5.41) is 0. The van der Waals surface area contributed by atoms with Crippen molar-refractivity contribution in [3.63, 3.8) is 0 Å². The lowest BCUT2D eigenvalue weighted by Crippen LogP contribution is -2.35. The van der Waals surface area contributed by atoms with Crippen LogP contribution in [0, 0.1) is 0 Å². The number of benzene rings is 1. The summed E-state index contributed by atoms with van der Waals surface area (Å²) in [6.45, 7) is 1.98. The quantitative estimate of drug-likeness (QED) is 0.759. The Bertz CT molecular complexity index is 994. The van der Waals surface area contributed by atoms with Crippen LogP contribution in [0.3, 0.4) is 0 Å². The molecule has 2 aliphatic heterocycles. The highest BCUT2D eigenvalue weighted by Gasteiger charge is 2.35. The van der Waals surface area contributed by atoms with Crippen LogP contribution in [0.25, 0.3) is 5.69 Å². The number of imidazole rings is 1. The number of likely N-dealkylation sites (tertiary alicyclic amines) is 1. The van der Waals surface area contributed by atoms with Crippen molar-refractivity contribution in [1.82, 2.24) is 18.8 Å². The van der Waals surface area contributed by atoms with Crippen LogP contribution in [0.2, 0.25) is 0 Å². The van der Waals surface area contributed by atoms with E-state index in [-0.39, 0.29) is 30.5 Å². The van der Waals surface area contributed by atoms with E-state index in [1.807, 2.05) is 4.90 Å². The highest BCUT2D eigenvalue weighted by Crippen LogP contribution is 2.31. The number of hydrogen-bond acceptors (Lipinski definition) is 5. The van der Waals surface area contributed by atoms with E-state index in [9.17, 15) is 13.2 Å². The molecular formula is C20H26N4O4S. The van der Waals surface area contributed by atoms with Crippen LogP contribution in [0.4, 0.5) is 0 Å². The number of hydrogen-bond donors (Lipinski definition) is 0. The molecule has 0 aliphatic carbocycles. The van der Waals surface area contributed by atoms with Gasteiger partial charge in [0.1, 0.15) is 11.2 Å². The molecule has 29 heavy (non-hydrogen) atoms. The summed E-state index contributed by atoms with van der Waals surface area (Å²) in [5.41, 5.74) is 1.45. The number of sulfonamides is 1. The molecule has 1 fully saturated rings. The zero-order chi connectivity index (χ0) is 20.4. The SMILES string of the molecule is COCCN1Cc2c(C(=O)N3CCCCCC3)ncn2-c2ccccc2S1(=O)=O. The van der Waals surface area contributed by atoms with E-state index in [2.05, 4.69) is 4.98 Å². The normalized spacial score (nSPS) is 19.1. The van der Waals surface area contributed by atoms with E-state index in [1.54, 1.807) is 35.2 Å². The third kappa shape index (κ3) is 3.70. The average molecular weight is 419 g/mol. The van der Waals surface area contributed by atoms with E-state index in [1.165, 1.54) is 11.4 Å². The molecule has 0 bridgehead atoms. The van der Waals surface area contributed by atoms with Crippen molar-refractivity contribution in [2.24, 2.45) is 0 Å². The Morgan fingerprint density at radius 3 is 2.59 bits per heavy atom. The molecule has 0 N–H and O–H groups in total. The molecule has 3 heterocycles. The molecule has 0 atom stereocenters. The Hall–Kier alpha value is -2.23. The van der Waals surface area contributed by atoms with Crippen molar-refractivity contribution in [3.8, 4) is 5.69 Å². The van der Waals surface area contributed by atoms with Crippen LogP contribution in [0.5, 0.6) is 0 Å². The molecule has 2 aromatic rings. The zero-order valence-corrected chi connectivity index (χ0v) is 17.4. The summed E-state index contributed by atoms with van der Waals surface area (Å²) >= 11 is 0. The van der Waals surface area contributed by atoms with Gasteiger partial charge in [0.25, 0.3) is 5.91 Å². The van der Waals surface area contributed by atoms with Gasteiger partial charge >= 0.3 is 0 Å². The first-order valence-electron chi connectivity index (χ1n) is 9.98. The number of para-hydroxylation sites is 1.